The first-order chi connectivity index (χ1) is 14.2. The Balaban J connectivity index is 1.30. The third-order valence-electron chi connectivity index (χ3n) is 8.65. The summed E-state index contributed by atoms with van der Waals surface area (Å²) < 4.78 is 5.99. The van der Waals surface area contributed by atoms with Gasteiger partial charge in [0.15, 0.2) is 0 Å². The van der Waals surface area contributed by atoms with Gasteiger partial charge in [0.05, 0.1) is 5.92 Å². The Labute approximate surface area is 180 Å². The van der Waals surface area contributed by atoms with E-state index in [4.69, 9.17) is 4.74 Å². The quantitative estimate of drug-likeness (QED) is 0.287. The zero-order chi connectivity index (χ0) is 20.5. The molecule has 0 aromatic carbocycles. The molecule has 0 heterocycles. The van der Waals surface area contributed by atoms with Crippen LogP contribution in [0.15, 0.2) is 0 Å². The monoisotopic (exact) mass is 404 g/mol. The summed E-state index contributed by atoms with van der Waals surface area (Å²) >= 11 is 0. The second-order valence-electron chi connectivity index (χ2n) is 10.8. The van der Waals surface area contributed by atoms with Gasteiger partial charge in [-0.2, -0.15) is 0 Å². The molecule has 0 N–H and O–H groups in total. The summed E-state index contributed by atoms with van der Waals surface area (Å²) in [6.45, 7) is 4.60. The molecular weight excluding hydrogens is 356 g/mol. The lowest BCUT2D eigenvalue weighted by Crippen LogP contribution is -2.32. The van der Waals surface area contributed by atoms with E-state index in [9.17, 15) is 4.79 Å². The second-order valence-corrected chi connectivity index (χ2v) is 10.8. The van der Waals surface area contributed by atoms with Gasteiger partial charge in [-0.25, -0.2) is 0 Å². The summed E-state index contributed by atoms with van der Waals surface area (Å²) in [5.41, 5.74) is 0. The van der Waals surface area contributed by atoms with E-state index in [-0.39, 0.29) is 18.0 Å². The van der Waals surface area contributed by atoms with Crippen LogP contribution in [-0.4, -0.2) is 12.1 Å². The first kappa shape index (κ1) is 23.1. The number of esters is 1. The van der Waals surface area contributed by atoms with Crippen LogP contribution in [-0.2, 0) is 9.53 Å². The Bertz CT molecular complexity index is 449. The first-order valence-corrected chi connectivity index (χ1v) is 13.4. The smallest absolute Gasteiger partial charge is 0.309 e. The highest BCUT2D eigenvalue weighted by atomic mass is 16.5. The van der Waals surface area contributed by atoms with Gasteiger partial charge in [0.2, 0.25) is 0 Å². The van der Waals surface area contributed by atoms with Gasteiger partial charge in [0.25, 0.3) is 0 Å². The summed E-state index contributed by atoms with van der Waals surface area (Å²) in [6, 6.07) is 0. The van der Waals surface area contributed by atoms with E-state index < -0.39 is 0 Å². The average molecular weight is 405 g/mol. The van der Waals surface area contributed by atoms with Gasteiger partial charge in [-0.3, -0.25) is 4.79 Å². The van der Waals surface area contributed by atoms with E-state index in [0.29, 0.717) is 0 Å². The fourth-order valence-electron chi connectivity index (χ4n) is 6.66. The highest BCUT2D eigenvalue weighted by Gasteiger charge is 2.34. The van der Waals surface area contributed by atoms with Gasteiger partial charge in [0, 0.05) is 0 Å². The number of carbonyl (C=O) groups excluding carboxylic acids is 1. The molecule has 0 aliphatic heterocycles. The van der Waals surface area contributed by atoms with Crippen molar-refractivity contribution in [2.24, 2.45) is 29.6 Å². The molecule has 0 amide bonds. The normalized spacial score (nSPS) is 35.9. The molecule has 29 heavy (non-hydrogen) atoms. The van der Waals surface area contributed by atoms with Crippen molar-refractivity contribution >= 4 is 5.97 Å². The maximum atomic E-state index is 12.7. The molecule has 0 radical (unpaired) electrons. The molecule has 2 nitrogen and oxygen atoms in total. The molecule has 0 spiro atoms. The van der Waals surface area contributed by atoms with Crippen LogP contribution in [0.3, 0.4) is 0 Å². The molecule has 0 bridgehead atoms. The lowest BCUT2D eigenvalue weighted by atomic mass is 9.69. The molecular formula is C27H48O2. The molecule has 2 heteroatoms. The number of hydrogen-bond donors (Lipinski definition) is 0. The van der Waals surface area contributed by atoms with E-state index in [1.807, 2.05) is 0 Å². The van der Waals surface area contributed by atoms with Crippen molar-refractivity contribution in [3.63, 3.8) is 0 Å². The maximum Gasteiger partial charge on any atom is 0.309 e. The number of hydrogen-bond acceptors (Lipinski definition) is 2. The maximum absolute atomic E-state index is 12.7. The van der Waals surface area contributed by atoms with Crippen molar-refractivity contribution in [1.82, 2.24) is 0 Å². The molecule has 3 aliphatic carbocycles. The van der Waals surface area contributed by atoms with Gasteiger partial charge in [0.1, 0.15) is 6.10 Å². The minimum atomic E-state index is 0.143. The number of rotatable bonds is 9. The third kappa shape index (κ3) is 7.28. The predicted octanol–water partition coefficient (Wildman–Crippen LogP) is 8.08. The molecule has 3 saturated carbocycles. The van der Waals surface area contributed by atoms with E-state index in [1.165, 1.54) is 89.9 Å². The van der Waals surface area contributed by atoms with E-state index in [1.54, 1.807) is 0 Å². The molecule has 0 saturated heterocycles. The van der Waals surface area contributed by atoms with Crippen LogP contribution in [0.1, 0.15) is 129 Å². The van der Waals surface area contributed by atoms with Crippen LogP contribution in [0, 0.1) is 29.6 Å². The third-order valence-corrected chi connectivity index (χ3v) is 8.65. The topological polar surface area (TPSA) is 26.3 Å². The van der Waals surface area contributed by atoms with Crippen LogP contribution < -0.4 is 0 Å². The SMILES string of the molecule is CCCCCC1CCC(OC(=O)[C@H]2CC[C@H]([C@H]3CC[C@H](CCC)CC3)CC2)CC1. The second kappa shape index (κ2) is 12.4. The molecule has 0 aromatic rings. The van der Waals surface area contributed by atoms with Crippen LogP contribution in [0.4, 0.5) is 0 Å². The summed E-state index contributed by atoms with van der Waals surface area (Å²) in [5, 5.41) is 0. The standard InChI is InChI=1S/C27H48O2/c1-3-5-6-8-22-11-19-26(20-12-22)29-27(28)25-17-15-24(16-18-25)23-13-9-21(7-4-2)10-14-23/h21-26H,3-20H2,1-2H3/t21-,22?,23-,24-,25-,26?. The summed E-state index contributed by atoms with van der Waals surface area (Å²) in [5.74, 6) is 4.07. The number of ether oxygens (including phenoxy) is 1. The van der Waals surface area contributed by atoms with Gasteiger partial charge >= 0.3 is 5.97 Å². The average Bonchev–Trinajstić information content (AvgIpc) is 2.76. The van der Waals surface area contributed by atoms with Gasteiger partial charge < -0.3 is 4.74 Å². The van der Waals surface area contributed by atoms with Gasteiger partial charge in [-0.05, 0) is 87.9 Å². The lowest BCUT2D eigenvalue weighted by Gasteiger charge is -2.37. The zero-order valence-corrected chi connectivity index (χ0v) is 19.5. The van der Waals surface area contributed by atoms with Gasteiger partial charge in [-0.1, -0.05) is 65.2 Å². The molecule has 168 valence electrons. The minimum Gasteiger partial charge on any atom is -0.462 e. The number of unbranched alkanes of at least 4 members (excludes halogenated alkanes) is 2. The molecule has 0 aromatic heterocycles. The predicted molar refractivity (Wildman–Crippen MR) is 122 cm³/mol. The van der Waals surface area contributed by atoms with Crippen molar-refractivity contribution in [3.8, 4) is 0 Å². The summed E-state index contributed by atoms with van der Waals surface area (Å²) in [6.07, 6.45) is 23.8. The highest BCUT2D eigenvalue weighted by Crippen LogP contribution is 2.42. The van der Waals surface area contributed by atoms with Crippen LogP contribution in [0.5, 0.6) is 0 Å². The molecule has 3 fully saturated rings. The van der Waals surface area contributed by atoms with E-state index >= 15 is 0 Å². The fraction of sp³-hybridized carbons (Fsp3) is 0.963. The molecule has 0 atom stereocenters. The van der Waals surface area contributed by atoms with Crippen LogP contribution in [0.2, 0.25) is 0 Å². The first-order valence-electron chi connectivity index (χ1n) is 13.4. The number of carbonyl (C=O) groups is 1. The Kier molecular flexibility index (Phi) is 9.86. The Morgan fingerprint density at radius 2 is 1.21 bits per heavy atom. The zero-order valence-electron chi connectivity index (χ0n) is 19.5. The van der Waals surface area contributed by atoms with Crippen molar-refractivity contribution in [2.75, 3.05) is 0 Å². The Morgan fingerprint density at radius 1 is 0.655 bits per heavy atom. The highest BCUT2D eigenvalue weighted by molar-refractivity contribution is 5.72. The lowest BCUT2D eigenvalue weighted by molar-refractivity contribution is -0.157. The largest absolute Gasteiger partial charge is 0.462 e. The van der Waals surface area contributed by atoms with Crippen molar-refractivity contribution < 1.29 is 9.53 Å². The molecule has 3 rings (SSSR count). The van der Waals surface area contributed by atoms with Crippen molar-refractivity contribution in [3.05, 3.63) is 0 Å². The van der Waals surface area contributed by atoms with Gasteiger partial charge in [-0.15, -0.1) is 0 Å². The van der Waals surface area contributed by atoms with E-state index in [0.717, 1.165) is 49.4 Å². The Morgan fingerprint density at radius 3 is 1.79 bits per heavy atom. The summed E-state index contributed by atoms with van der Waals surface area (Å²) in [7, 11) is 0. The molecule has 3 aliphatic rings. The van der Waals surface area contributed by atoms with Crippen molar-refractivity contribution in [1.29, 1.82) is 0 Å². The summed E-state index contributed by atoms with van der Waals surface area (Å²) in [4.78, 5) is 12.7. The Hall–Kier alpha value is -0.530. The van der Waals surface area contributed by atoms with Crippen molar-refractivity contribution in [2.45, 2.75) is 136 Å². The minimum absolute atomic E-state index is 0.143. The van der Waals surface area contributed by atoms with Crippen LogP contribution in [0.25, 0.3) is 0 Å². The fourth-order valence-corrected chi connectivity index (χ4v) is 6.66. The van der Waals surface area contributed by atoms with Crippen LogP contribution >= 0.6 is 0 Å². The molecule has 0 unspecified atom stereocenters. The van der Waals surface area contributed by atoms with E-state index in [2.05, 4.69) is 13.8 Å².